The summed E-state index contributed by atoms with van der Waals surface area (Å²) in [6.45, 7) is 0.409. The molecule has 0 unspecified atom stereocenters. The topological polar surface area (TPSA) is 82.7 Å². The average Bonchev–Trinajstić information content (AvgIpc) is 2.91. The van der Waals surface area contributed by atoms with Crippen molar-refractivity contribution >= 4 is 11.7 Å². The first-order valence-electron chi connectivity index (χ1n) is 5.80. The number of H-pyrrole nitrogens is 1. The highest BCUT2D eigenvalue weighted by Gasteiger charge is 2.12. The quantitative estimate of drug-likeness (QED) is 0.750. The molecule has 0 aromatic carbocycles. The summed E-state index contributed by atoms with van der Waals surface area (Å²) in [5.74, 6) is 0.210. The number of amides is 1. The SMILES string of the molecule is CNc1ncc(F)cc1C(=O)NCCc1ncc[nH]1. The third-order valence-corrected chi connectivity index (χ3v) is 2.54. The lowest BCUT2D eigenvalue weighted by molar-refractivity contribution is 0.0954. The molecule has 2 rings (SSSR count). The fraction of sp³-hybridized carbons (Fsp3) is 0.250. The maximum atomic E-state index is 13.1. The van der Waals surface area contributed by atoms with Crippen molar-refractivity contribution in [2.45, 2.75) is 6.42 Å². The Bertz CT molecular complexity index is 555. The van der Waals surface area contributed by atoms with Crippen LogP contribution in [0.5, 0.6) is 0 Å². The van der Waals surface area contributed by atoms with Crippen LogP contribution in [0.15, 0.2) is 24.7 Å². The van der Waals surface area contributed by atoms with Gasteiger partial charge in [-0.25, -0.2) is 14.4 Å². The monoisotopic (exact) mass is 263 g/mol. The first-order chi connectivity index (χ1) is 9.20. The van der Waals surface area contributed by atoms with Crippen molar-refractivity contribution in [2.24, 2.45) is 0 Å². The highest BCUT2D eigenvalue weighted by atomic mass is 19.1. The Labute approximate surface area is 109 Å². The Morgan fingerprint density at radius 2 is 2.32 bits per heavy atom. The fourth-order valence-corrected chi connectivity index (χ4v) is 1.64. The number of aromatic amines is 1. The standard InChI is InChI=1S/C12H14FN5O/c1-14-11-9(6-8(13)7-18-11)12(19)17-3-2-10-15-4-5-16-10/h4-7H,2-3H2,1H3,(H,14,18)(H,15,16)(H,17,19). The Hall–Kier alpha value is -2.44. The molecule has 0 saturated carbocycles. The summed E-state index contributed by atoms with van der Waals surface area (Å²) in [6, 6.07) is 1.15. The van der Waals surface area contributed by atoms with E-state index in [1.807, 2.05) is 0 Å². The van der Waals surface area contributed by atoms with Gasteiger partial charge in [0.1, 0.15) is 17.5 Å². The number of carbonyl (C=O) groups is 1. The minimum Gasteiger partial charge on any atom is -0.372 e. The molecule has 7 heteroatoms. The summed E-state index contributed by atoms with van der Waals surface area (Å²) in [4.78, 5) is 22.7. The summed E-state index contributed by atoms with van der Waals surface area (Å²) in [7, 11) is 1.62. The van der Waals surface area contributed by atoms with Gasteiger partial charge in [0.25, 0.3) is 5.91 Å². The van der Waals surface area contributed by atoms with Gasteiger partial charge in [-0.2, -0.15) is 0 Å². The van der Waals surface area contributed by atoms with Crippen molar-refractivity contribution in [3.63, 3.8) is 0 Å². The van der Waals surface area contributed by atoms with E-state index in [-0.39, 0.29) is 11.5 Å². The molecule has 0 radical (unpaired) electrons. The molecule has 1 amide bonds. The zero-order chi connectivity index (χ0) is 13.7. The van der Waals surface area contributed by atoms with Gasteiger partial charge >= 0.3 is 0 Å². The van der Waals surface area contributed by atoms with Crippen LogP contribution in [0.1, 0.15) is 16.2 Å². The van der Waals surface area contributed by atoms with Gasteiger partial charge < -0.3 is 15.6 Å². The van der Waals surface area contributed by atoms with Crippen LogP contribution >= 0.6 is 0 Å². The van der Waals surface area contributed by atoms with E-state index in [0.29, 0.717) is 18.8 Å². The van der Waals surface area contributed by atoms with Gasteiger partial charge in [-0.15, -0.1) is 0 Å². The molecule has 19 heavy (non-hydrogen) atoms. The number of hydrogen-bond acceptors (Lipinski definition) is 4. The van der Waals surface area contributed by atoms with E-state index < -0.39 is 5.82 Å². The number of halogens is 1. The van der Waals surface area contributed by atoms with E-state index in [4.69, 9.17) is 0 Å². The van der Waals surface area contributed by atoms with Crippen LogP contribution < -0.4 is 10.6 Å². The number of nitrogens with one attached hydrogen (secondary N) is 3. The molecule has 0 aliphatic carbocycles. The molecular formula is C12H14FN5O. The number of nitrogens with zero attached hydrogens (tertiary/aromatic N) is 2. The number of pyridine rings is 1. The Balaban J connectivity index is 1.97. The molecule has 2 aromatic heterocycles. The zero-order valence-electron chi connectivity index (χ0n) is 10.4. The van der Waals surface area contributed by atoms with Crippen LogP contribution in [0, 0.1) is 5.82 Å². The van der Waals surface area contributed by atoms with Gasteiger partial charge in [-0.1, -0.05) is 0 Å². The van der Waals surface area contributed by atoms with E-state index in [0.717, 1.165) is 18.1 Å². The van der Waals surface area contributed by atoms with E-state index in [1.165, 1.54) is 0 Å². The molecule has 2 aromatic rings. The van der Waals surface area contributed by atoms with Gasteiger partial charge in [-0.05, 0) is 6.07 Å². The molecule has 0 spiro atoms. The Kier molecular flexibility index (Phi) is 4.07. The molecule has 0 atom stereocenters. The molecule has 0 saturated heterocycles. The number of imidazole rings is 1. The smallest absolute Gasteiger partial charge is 0.255 e. The van der Waals surface area contributed by atoms with Gasteiger partial charge in [0, 0.05) is 32.4 Å². The molecule has 6 nitrogen and oxygen atoms in total. The molecule has 0 aliphatic heterocycles. The molecule has 0 aliphatic rings. The lowest BCUT2D eigenvalue weighted by Gasteiger charge is -2.08. The third kappa shape index (κ3) is 3.27. The molecule has 0 fully saturated rings. The number of rotatable bonds is 5. The fourth-order valence-electron chi connectivity index (χ4n) is 1.64. The van der Waals surface area contributed by atoms with Crippen molar-refractivity contribution in [3.8, 4) is 0 Å². The minimum absolute atomic E-state index is 0.182. The second-order valence-corrected chi connectivity index (χ2v) is 3.84. The van der Waals surface area contributed by atoms with Gasteiger partial charge in [0.15, 0.2) is 0 Å². The van der Waals surface area contributed by atoms with Gasteiger partial charge in [0.2, 0.25) is 0 Å². The second-order valence-electron chi connectivity index (χ2n) is 3.84. The van der Waals surface area contributed by atoms with E-state index in [9.17, 15) is 9.18 Å². The number of anilines is 1. The van der Waals surface area contributed by atoms with Gasteiger partial charge in [0.05, 0.1) is 11.8 Å². The lowest BCUT2D eigenvalue weighted by Crippen LogP contribution is -2.27. The van der Waals surface area contributed by atoms with Crippen molar-refractivity contribution in [1.82, 2.24) is 20.3 Å². The molecular weight excluding hydrogens is 249 g/mol. The predicted molar refractivity (Wildman–Crippen MR) is 68.4 cm³/mol. The van der Waals surface area contributed by atoms with Crippen LogP contribution in [0.25, 0.3) is 0 Å². The predicted octanol–water partition coefficient (Wildman–Crippen LogP) is 0.958. The normalized spacial score (nSPS) is 10.2. The van der Waals surface area contributed by atoms with E-state index in [2.05, 4.69) is 25.6 Å². The van der Waals surface area contributed by atoms with Crippen LogP contribution in [-0.2, 0) is 6.42 Å². The second kappa shape index (κ2) is 5.94. The average molecular weight is 263 g/mol. The van der Waals surface area contributed by atoms with E-state index in [1.54, 1.807) is 19.4 Å². The van der Waals surface area contributed by atoms with Crippen LogP contribution in [-0.4, -0.2) is 34.5 Å². The zero-order valence-corrected chi connectivity index (χ0v) is 10.4. The van der Waals surface area contributed by atoms with Crippen LogP contribution in [0.2, 0.25) is 0 Å². The number of hydrogen-bond donors (Lipinski definition) is 3. The number of aromatic nitrogens is 3. The highest BCUT2D eigenvalue weighted by Crippen LogP contribution is 2.12. The van der Waals surface area contributed by atoms with Crippen LogP contribution in [0.3, 0.4) is 0 Å². The van der Waals surface area contributed by atoms with E-state index >= 15 is 0 Å². The summed E-state index contributed by atoms with van der Waals surface area (Å²) in [6.07, 6.45) is 5.00. The third-order valence-electron chi connectivity index (χ3n) is 2.54. The van der Waals surface area contributed by atoms with Crippen LogP contribution in [0.4, 0.5) is 10.2 Å². The summed E-state index contributed by atoms with van der Waals surface area (Å²) in [5, 5.41) is 5.44. The summed E-state index contributed by atoms with van der Waals surface area (Å²) >= 11 is 0. The number of carbonyl (C=O) groups excluding carboxylic acids is 1. The lowest BCUT2D eigenvalue weighted by atomic mass is 10.2. The largest absolute Gasteiger partial charge is 0.372 e. The molecule has 0 bridgehead atoms. The Morgan fingerprint density at radius 3 is 3.00 bits per heavy atom. The molecule has 2 heterocycles. The van der Waals surface area contributed by atoms with Crippen molar-refractivity contribution in [2.75, 3.05) is 18.9 Å². The first-order valence-corrected chi connectivity index (χ1v) is 5.80. The van der Waals surface area contributed by atoms with Gasteiger partial charge in [-0.3, -0.25) is 4.79 Å². The molecule has 100 valence electrons. The Morgan fingerprint density at radius 1 is 1.47 bits per heavy atom. The van der Waals surface area contributed by atoms with Crippen molar-refractivity contribution in [3.05, 3.63) is 41.9 Å². The molecule has 3 N–H and O–H groups in total. The first kappa shape index (κ1) is 13.0. The summed E-state index contributed by atoms with van der Waals surface area (Å²) < 4.78 is 13.1. The maximum absolute atomic E-state index is 13.1. The van der Waals surface area contributed by atoms with Crippen molar-refractivity contribution < 1.29 is 9.18 Å². The maximum Gasteiger partial charge on any atom is 0.255 e. The highest BCUT2D eigenvalue weighted by molar-refractivity contribution is 5.98. The summed E-state index contributed by atoms with van der Waals surface area (Å²) in [5.41, 5.74) is 0.182. The van der Waals surface area contributed by atoms with Crippen molar-refractivity contribution in [1.29, 1.82) is 0 Å². The minimum atomic E-state index is -0.546.